The van der Waals surface area contributed by atoms with E-state index < -0.39 is 19.5 Å². The Labute approximate surface area is 180 Å². The van der Waals surface area contributed by atoms with Gasteiger partial charge < -0.3 is 10.6 Å². The first-order chi connectivity index (χ1) is 13.9. The van der Waals surface area contributed by atoms with Crippen LogP contribution in [0.3, 0.4) is 0 Å². The quantitative estimate of drug-likeness (QED) is 0.676. The molecule has 4 rings (SSSR count). The lowest BCUT2D eigenvalue weighted by Crippen LogP contribution is -2.58. The molecule has 1 saturated carbocycles. The second kappa shape index (κ2) is 7.95. The van der Waals surface area contributed by atoms with Gasteiger partial charge in [-0.05, 0) is 49.6 Å². The van der Waals surface area contributed by atoms with Crippen molar-refractivity contribution < 1.29 is 13.2 Å². The van der Waals surface area contributed by atoms with Crippen LogP contribution in [0.1, 0.15) is 24.8 Å². The fourth-order valence-electron chi connectivity index (χ4n) is 3.60. The zero-order chi connectivity index (χ0) is 20.5. The largest absolute Gasteiger partial charge is 0.334 e. The van der Waals surface area contributed by atoms with Crippen LogP contribution < -0.4 is 10.6 Å². The van der Waals surface area contributed by atoms with E-state index in [1.165, 1.54) is 0 Å². The second-order valence-electron chi connectivity index (χ2n) is 7.57. The molecule has 2 N–H and O–H groups in total. The summed E-state index contributed by atoms with van der Waals surface area (Å²) >= 11 is 7.78. The van der Waals surface area contributed by atoms with Gasteiger partial charge in [-0.25, -0.2) is 8.42 Å². The summed E-state index contributed by atoms with van der Waals surface area (Å²) in [4.78, 5) is 12.1. The Morgan fingerprint density at radius 3 is 2.38 bits per heavy atom. The minimum atomic E-state index is -3.73. The van der Waals surface area contributed by atoms with Crippen molar-refractivity contribution in [2.75, 3.05) is 13.1 Å². The highest BCUT2D eigenvalue weighted by Gasteiger charge is 2.56. The number of thioether (sulfide) groups is 1. The molecule has 1 heterocycles. The van der Waals surface area contributed by atoms with Gasteiger partial charge in [0.15, 0.2) is 4.87 Å². The van der Waals surface area contributed by atoms with E-state index in [1.54, 1.807) is 42.1 Å². The molecule has 1 aliphatic heterocycles. The van der Waals surface area contributed by atoms with Gasteiger partial charge in [-0.2, -0.15) is 0 Å². The number of amides is 1. The van der Waals surface area contributed by atoms with Crippen molar-refractivity contribution in [1.82, 2.24) is 10.6 Å². The molecule has 2 aromatic carbocycles. The summed E-state index contributed by atoms with van der Waals surface area (Å²) in [5.74, 6) is 0.418. The molecule has 154 valence electrons. The maximum Gasteiger partial charge on any atom is 0.237 e. The lowest BCUT2D eigenvalue weighted by Gasteiger charge is -2.31. The molecule has 8 heteroatoms. The Morgan fingerprint density at radius 2 is 1.76 bits per heavy atom. The van der Waals surface area contributed by atoms with E-state index in [0.717, 1.165) is 18.4 Å². The Bertz CT molecular complexity index is 1000. The second-order valence-corrected chi connectivity index (χ2v) is 11.6. The first kappa shape index (κ1) is 20.7. The van der Waals surface area contributed by atoms with Crippen LogP contribution in [0.5, 0.6) is 0 Å². The summed E-state index contributed by atoms with van der Waals surface area (Å²) in [6.07, 6.45) is 1.83. The average molecular weight is 451 g/mol. The van der Waals surface area contributed by atoms with Gasteiger partial charge in [0, 0.05) is 17.3 Å². The van der Waals surface area contributed by atoms with E-state index in [0.29, 0.717) is 23.7 Å². The zero-order valence-electron chi connectivity index (χ0n) is 15.9. The van der Waals surface area contributed by atoms with Gasteiger partial charge in [-0.1, -0.05) is 48.0 Å². The van der Waals surface area contributed by atoms with E-state index in [1.807, 2.05) is 24.3 Å². The van der Waals surface area contributed by atoms with Crippen LogP contribution in [0.25, 0.3) is 0 Å². The molecule has 0 radical (unpaired) electrons. The van der Waals surface area contributed by atoms with Crippen molar-refractivity contribution in [3.8, 4) is 0 Å². The Morgan fingerprint density at radius 1 is 1.07 bits per heavy atom. The summed E-state index contributed by atoms with van der Waals surface area (Å²) in [7, 11) is -3.73. The highest BCUT2D eigenvalue weighted by molar-refractivity contribution is 8.01. The van der Waals surface area contributed by atoms with Crippen LogP contribution >= 0.6 is 23.4 Å². The summed E-state index contributed by atoms with van der Waals surface area (Å²) in [5.41, 5.74) is 0.979. The Kier molecular flexibility index (Phi) is 5.68. The summed E-state index contributed by atoms with van der Waals surface area (Å²) in [6, 6.07) is 15.9. The molecule has 0 aromatic heterocycles. The number of carbonyl (C=O) groups excluding carboxylic acids is 1. The van der Waals surface area contributed by atoms with E-state index in [-0.39, 0.29) is 17.3 Å². The van der Waals surface area contributed by atoms with E-state index >= 15 is 0 Å². The van der Waals surface area contributed by atoms with Crippen molar-refractivity contribution in [2.24, 2.45) is 0 Å². The maximum absolute atomic E-state index is 13.4. The molecule has 0 unspecified atom stereocenters. The average Bonchev–Trinajstić information content (AvgIpc) is 3.38. The Balaban J connectivity index is 1.53. The van der Waals surface area contributed by atoms with Crippen molar-refractivity contribution >= 4 is 39.1 Å². The van der Waals surface area contributed by atoms with E-state index in [2.05, 4.69) is 10.6 Å². The lowest BCUT2D eigenvalue weighted by atomic mass is 10.2. The van der Waals surface area contributed by atoms with Crippen molar-refractivity contribution in [3.63, 3.8) is 0 Å². The molecule has 1 atom stereocenters. The van der Waals surface area contributed by atoms with Crippen LogP contribution in [-0.2, 0) is 20.4 Å². The number of nitrogens with one attached hydrogen (secondary N) is 2. The number of carbonyl (C=O) groups is 1. The minimum absolute atomic E-state index is 0.197. The molecule has 29 heavy (non-hydrogen) atoms. The molecule has 0 spiro atoms. The van der Waals surface area contributed by atoms with Crippen LogP contribution in [0.4, 0.5) is 0 Å². The smallest absolute Gasteiger partial charge is 0.237 e. The fraction of sp³-hybridized carbons (Fsp3) is 0.381. The Hall–Kier alpha value is -1.54. The van der Waals surface area contributed by atoms with Gasteiger partial charge in [-0.15, -0.1) is 11.8 Å². The van der Waals surface area contributed by atoms with Crippen LogP contribution in [0, 0.1) is 0 Å². The van der Waals surface area contributed by atoms with Crippen LogP contribution in [0.15, 0.2) is 59.5 Å². The molecular formula is C21H23ClN2O3S2. The third-order valence-electron chi connectivity index (χ3n) is 5.61. The molecule has 2 aromatic rings. The molecule has 1 saturated heterocycles. The van der Waals surface area contributed by atoms with Crippen LogP contribution in [0.2, 0.25) is 5.02 Å². The third kappa shape index (κ3) is 3.93. The normalized spacial score (nSPS) is 22.9. The van der Waals surface area contributed by atoms with Crippen molar-refractivity contribution in [2.45, 2.75) is 39.5 Å². The third-order valence-corrected chi connectivity index (χ3v) is 9.95. The van der Waals surface area contributed by atoms with Gasteiger partial charge in [-0.3, -0.25) is 4.79 Å². The van der Waals surface area contributed by atoms with E-state index in [4.69, 9.17) is 11.6 Å². The predicted molar refractivity (Wildman–Crippen MR) is 117 cm³/mol. The number of halogens is 1. The number of benzene rings is 2. The molecule has 1 aliphatic carbocycles. The van der Waals surface area contributed by atoms with Crippen molar-refractivity contribution in [3.05, 3.63) is 65.2 Å². The number of hydrogen-bond donors (Lipinski definition) is 2. The summed E-state index contributed by atoms with van der Waals surface area (Å²) < 4.78 is 26.2. The van der Waals surface area contributed by atoms with Crippen molar-refractivity contribution in [1.29, 1.82) is 0 Å². The number of hydrogen-bond acceptors (Lipinski definition) is 5. The van der Waals surface area contributed by atoms with Gasteiger partial charge in [0.2, 0.25) is 15.7 Å². The molecule has 2 aliphatic rings. The first-order valence-corrected chi connectivity index (χ1v) is 12.4. The zero-order valence-corrected chi connectivity index (χ0v) is 18.2. The summed E-state index contributed by atoms with van der Waals surface area (Å²) in [6.45, 7) is 0.757. The SMILES string of the molecule is O=C(N[C@]1(S(=O)(=O)c2ccccc2)CCNC1)C1(SCc2ccccc2Cl)CC1. The molecule has 5 nitrogen and oxygen atoms in total. The molecule has 0 bridgehead atoms. The molecule has 2 fully saturated rings. The summed E-state index contributed by atoms with van der Waals surface area (Å²) in [5, 5.41) is 6.73. The molecule has 1 amide bonds. The topological polar surface area (TPSA) is 75.3 Å². The highest BCUT2D eigenvalue weighted by atomic mass is 35.5. The van der Waals surface area contributed by atoms with Gasteiger partial charge in [0.25, 0.3) is 0 Å². The van der Waals surface area contributed by atoms with Gasteiger partial charge >= 0.3 is 0 Å². The monoisotopic (exact) mass is 450 g/mol. The predicted octanol–water partition coefficient (Wildman–Crippen LogP) is 3.39. The first-order valence-electron chi connectivity index (χ1n) is 9.59. The van der Waals surface area contributed by atoms with E-state index in [9.17, 15) is 13.2 Å². The number of sulfone groups is 1. The van der Waals surface area contributed by atoms with Gasteiger partial charge in [0.05, 0.1) is 9.64 Å². The molecular weight excluding hydrogens is 428 g/mol. The maximum atomic E-state index is 13.4. The van der Waals surface area contributed by atoms with Crippen LogP contribution in [-0.4, -0.2) is 37.0 Å². The van der Waals surface area contributed by atoms with Gasteiger partial charge in [0.1, 0.15) is 0 Å². The lowest BCUT2D eigenvalue weighted by molar-refractivity contribution is -0.122. The highest BCUT2D eigenvalue weighted by Crippen LogP contribution is 2.51. The fourth-order valence-corrected chi connectivity index (χ4v) is 6.99. The minimum Gasteiger partial charge on any atom is -0.334 e. The standard InChI is InChI=1S/C21H23ClN2O3S2/c22-18-9-5-4-6-16(18)14-28-20(10-11-20)19(25)24-21(12-13-23-15-21)29(26,27)17-7-2-1-3-8-17/h1-9,23H,10-15H2,(H,24,25)/t21-/m0/s1. The number of rotatable bonds is 7.